The lowest BCUT2D eigenvalue weighted by molar-refractivity contribution is -0.109. The van der Waals surface area contributed by atoms with Crippen molar-refractivity contribution in [1.82, 2.24) is 4.90 Å². The zero-order valence-electron chi connectivity index (χ0n) is 15.6. The molecule has 1 heterocycles. The summed E-state index contributed by atoms with van der Waals surface area (Å²) in [7, 11) is 4.19. The molecule has 4 heteroatoms. The Morgan fingerprint density at radius 2 is 1.96 bits per heavy atom. The van der Waals surface area contributed by atoms with Gasteiger partial charge in [-0.2, -0.15) is 0 Å². The number of likely N-dealkylation sites (N-methyl/N-ethyl adjacent to an activating group) is 1. The average Bonchev–Trinajstić information content (AvgIpc) is 2.51. The fourth-order valence-electron chi connectivity index (χ4n) is 3.79. The maximum Gasteiger partial charge on any atom is 0.0932 e. The molecule has 4 nitrogen and oxygen atoms in total. The van der Waals surface area contributed by atoms with E-state index in [1.54, 1.807) is 0 Å². The van der Waals surface area contributed by atoms with Crippen LogP contribution in [-0.4, -0.2) is 45.2 Å². The molecule has 1 aromatic rings. The zero-order valence-corrected chi connectivity index (χ0v) is 15.6. The van der Waals surface area contributed by atoms with Gasteiger partial charge in [0.15, 0.2) is 0 Å². The van der Waals surface area contributed by atoms with Gasteiger partial charge in [0.05, 0.1) is 23.6 Å². The number of anilines is 2. The van der Waals surface area contributed by atoms with Gasteiger partial charge >= 0.3 is 0 Å². The van der Waals surface area contributed by atoms with Crippen molar-refractivity contribution in [1.29, 1.82) is 0 Å². The Hall–Kier alpha value is -1.26. The van der Waals surface area contributed by atoms with Crippen LogP contribution < -0.4 is 10.6 Å². The van der Waals surface area contributed by atoms with Crippen LogP contribution in [0.15, 0.2) is 18.2 Å². The number of piperidine rings is 1. The number of benzene rings is 1. The molecule has 2 fully saturated rings. The fraction of sp³-hybridized carbons (Fsp3) is 0.700. The van der Waals surface area contributed by atoms with E-state index in [9.17, 15) is 0 Å². The van der Waals surface area contributed by atoms with Gasteiger partial charge in [-0.25, -0.2) is 0 Å². The van der Waals surface area contributed by atoms with Crippen molar-refractivity contribution in [2.45, 2.75) is 44.6 Å². The molecule has 24 heavy (non-hydrogen) atoms. The molecule has 134 valence electrons. The highest BCUT2D eigenvalue weighted by Gasteiger charge is 2.40. The highest BCUT2D eigenvalue weighted by Crippen LogP contribution is 2.46. The first-order valence-corrected chi connectivity index (χ1v) is 9.44. The molecule has 0 spiro atoms. The van der Waals surface area contributed by atoms with Crippen LogP contribution in [-0.2, 0) is 10.3 Å². The summed E-state index contributed by atoms with van der Waals surface area (Å²) in [6, 6.07) is 6.57. The smallest absolute Gasteiger partial charge is 0.0932 e. The molecule has 1 aliphatic carbocycles. The number of nitrogens with zero attached hydrogens (tertiary/aromatic N) is 2. The maximum absolute atomic E-state index is 6.36. The lowest BCUT2D eigenvalue weighted by atomic mass is 9.74. The van der Waals surface area contributed by atoms with Crippen molar-refractivity contribution < 1.29 is 4.74 Å². The predicted molar refractivity (Wildman–Crippen MR) is 102 cm³/mol. The van der Waals surface area contributed by atoms with Crippen LogP contribution in [0, 0.1) is 5.92 Å². The molecule has 0 amide bonds. The van der Waals surface area contributed by atoms with E-state index >= 15 is 0 Å². The second kappa shape index (κ2) is 7.32. The largest absolute Gasteiger partial charge is 0.397 e. The van der Waals surface area contributed by atoms with E-state index in [-0.39, 0.29) is 5.60 Å². The number of nitrogens with two attached hydrogens (primary N) is 1. The number of hydrogen-bond donors (Lipinski definition) is 1. The van der Waals surface area contributed by atoms with Gasteiger partial charge in [-0.3, -0.25) is 0 Å². The predicted octanol–water partition coefficient (Wildman–Crippen LogP) is 3.46. The third-order valence-electron chi connectivity index (χ3n) is 5.76. The number of ether oxygens (including phenoxy) is 1. The SMILES string of the molecule is CC1CCN(c2cc(C3(OCCN(C)C)CCC3)ccc2N)CC1. The minimum absolute atomic E-state index is 0.0818. The van der Waals surface area contributed by atoms with Gasteiger partial charge in [-0.1, -0.05) is 13.0 Å². The van der Waals surface area contributed by atoms with Crippen LogP contribution in [0.3, 0.4) is 0 Å². The Morgan fingerprint density at radius 3 is 2.54 bits per heavy atom. The molecule has 2 aliphatic rings. The Labute approximate surface area is 147 Å². The van der Waals surface area contributed by atoms with Crippen molar-refractivity contribution in [3.05, 3.63) is 23.8 Å². The Kier molecular flexibility index (Phi) is 5.36. The Balaban J connectivity index is 1.76. The third kappa shape index (κ3) is 3.70. The van der Waals surface area contributed by atoms with Crippen LogP contribution in [0.5, 0.6) is 0 Å². The molecule has 1 saturated carbocycles. The minimum Gasteiger partial charge on any atom is -0.397 e. The van der Waals surface area contributed by atoms with E-state index in [1.807, 2.05) is 0 Å². The van der Waals surface area contributed by atoms with Gasteiger partial charge in [0.2, 0.25) is 0 Å². The summed E-state index contributed by atoms with van der Waals surface area (Å²) in [5, 5.41) is 0. The van der Waals surface area contributed by atoms with Crippen molar-refractivity contribution in [2.75, 3.05) is 51.0 Å². The van der Waals surface area contributed by atoms with E-state index < -0.39 is 0 Å². The number of nitrogen functional groups attached to an aromatic ring is 1. The summed E-state index contributed by atoms with van der Waals surface area (Å²) >= 11 is 0. The maximum atomic E-state index is 6.36. The first-order chi connectivity index (χ1) is 11.5. The van der Waals surface area contributed by atoms with E-state index in [2.05, 4.69) is 49.0 Å². The van der Waals surface area contributed by atoms with Crippen molar-refractivity contribution in [3.63, 3.8) is 0 Å². The van der Waals surface area contributed by atoms with Gasteiger partial charge in [-0.15, -0.1) is 0 Å². The second-order valence-electron chi connectivity index (χ2n) is 7.94. The monoisotopic (exact) mass is 331 g/mol. The van der Waals surface area contributed by atoms with Crippen molar-refractivity contribution in [2.24, 2.45) is 5.92 Å². The highest BCUT2D eigenvalue weighted by molar-refractivity contribution is 5.69. The minimum atomic E-state index is -0.0818. The van der Waals surface area contributed by atoms with E-state index in [0.29, 0.717) is 0 Å². The van der Waals surface area contributed by atoms with Crippen LogP contribution >= 0.6 is 0 Å². The van der Waals surface area contributed by atoms with Gasteiger partial charge in [0, 0.05) is 19.6 Å². The quantitative estimate of drug-likeness (QED) is 0.811. The third-order valence-corrected chi connectivity index (χ3v) is 5.76. The van der Waals surface area contributed by atoms with E-state index in [4.69, 9.17) is 10.5 Å². The molecular weight excluding hydrogens is 298 g/mol. The van der Waals surface area contributed by atoms with Crippen LogP contribution in [0.4, 0.5) is 11.4 Å². The van der Waals surface area contributed by atoms with Crippen LogP contribution in [0.25, 0.3) is 0 Å². The molecule has 0 aromatic heterocycles. The van der Waals surface area contributed by atoms with Gasteiger partial charge in [-0.05, 0) is 69.8 Å². The fourth-order valence-corrected chi connectivity index (χ4v) is 3.79. The molecule has 0 radical (unpaired) electrons. The summed E-state index contributed by atoms with van der Waals surface area (Å²) in [5.74, 6) is 0.831. The number of rotatable bonds is 6. The molecule has 1 aliphatic heterocycles. The first kappa shape index (κ1) is 17.6. The van der Waals surface area contributed by atoms with Gasteiger partial charge in [0.1, 0.15) is 0 Å². The summed E-state index contributed by atoms with van der Waals surface area (Å²) in [4.78, 5) is 4.64. The van der Waals surface area contributed by atoms with E-state index in [1.165, 1.54) is 30.5 Å². The van der Waals surface area contributed by atoms with E-state index in [0.717, 1.165) is 50.7 Å². The topological polar surface area (TPSA) is 41.7 Å². The van der Waals surface area contributed by atoms with Crippen molar-refractivity contribution >= 4 is 11.4 Å². The Bertz CT molecular complexity index is 546. The second-order valence-corrected chi connectivity index (χ2v) is 7.94. The molecule has 0 atom stereocenters. The summed E-state index contributed by atoms with van der Waals surface area (Å²) in [6.07, 6.45) is 6.02. The molecule has 1 saturated heterocycles. The van der Waals surface area contributed by atoms with Crippen LogP contribution in [0.2, 0.25) is 0 Å². The summed E-state index contributed by atoms with van der Waals surface area (Å²) in [6.45, 7) is 6.33. The zero-order chi connectivity index (χ0) is 17.2. The van der Waals surface area contributed by atoms with Gasteiger partial charge < -0.3 is 20.3 Å². The molecule has 0 unspecified atom stereocenters. The number of hydrogen-bond acceptors (Lipinski definition) is 4. The molecule has 0 bridgehead atoms. The first-order valence-electron chi connectivity index (χ1n) is 9.44. The molecule has 1 aromatic carbocycles. The lowest BCUT2D eigenvalue weighted by Crippen LogP contribution is -2.39. The average molecular weight is 332 g/mol. The summed E-state index contributed by atoms with van der Waals surface area (Å²) < 4.78 is 6.36. The standard InChI is InChI=1S/C20H33N3O/c1-16-7-11-23(12-8-16)19-15-17(5-6-18(19)21)20(9-4-10-20)24-14-13-22(2)3/h5-6,15-16H,4,7-14,21H2,1-3H3. The van der Waals surface area contributed by atoms with Crippen LogP contribution in [0.1, 0.15) is 44.6 Å². The molecule has 3 rings (SSSR count). The Morgan fingerprint density at radius 1 is 1.25 bits per heavy atom. The lowest BCUT2D eigenvalue weighted by Gasteiger charge is -2.43. The normalized spacial score (nSPS) is 21.1. The van der Waals surface area contributed by atoms with Crippen molar-refractivity contribution in [3.8, 4) is 0 Å². The molecular formula is C20H33N3O. The van der Waals surface area contributed by atoms with Gasteiger partial charge in [0.25, 0.3) is 0 Å². The molecule has 2 N–H and O–H groups in total. The highest BCUT2D eigenvalue weighted by atomic mass is 16.5. The summed E-state index contributed by atoms with van der Waals surface area (Å²) in [5.41, 5.74) is 9.65.